The fourth-order valence-corrected chi connectivity index (χ4v) is 2.91. The van der Waals surface area contributed by atoms with Crippen LogP contribution in [-0.2, 0) is 6.54 Å². The fraction of sp³-hybridized carbons (Fsp3) is 0.286. The quantitative estimate of drug-likeness (QED) is 0.613. The van der Waals surface area contributed by atoms with Gasteiger partial charge in [0.25, 0.3) is 5.91 Å². The number of rotatable bonds is 8. The Balaban J connectivity index is 1.68. The lowest BCUT2D eigenvalue weighted by atomic mass is 10.1. The zero-order valence-electron chi connectivity index (χ0n) is 16.4. The van der Waals surface area contributed by atoms with E-state index in [2.05, 4.69) is 45.4 Å². The van der Waals surface area contributed by atoms with Gasteiger partial charge in [0.05, 0.1) is 12.8 Å². The first-order valence-electron chi connectivity index (χ1n) is 9.37. The molecule has 0 radical (unpaired) electrons. The Morgan fingerprint density at radius 1 is 1.18 bits per heavy atom. The molecule has 2 heterocycles. The molecule has 0 aliphatic heterocycles. The normalized spacial score (nSPS) is 10.5. The first-order valence-corrected chi connectivity index (χ1v) is 9.37. The van der Waals surface area contributed by atoms with Crippen LogP contribution in [0.3, 0.4) is 0 Å². The summed E-state index contributed by atoms with van der Waals surface area (Å²) >= 11 is 0. The van der Waals surface area contributed by atoms with Crippen LogP contribution in [-0.4, -0.2) is 29.0 Å². The summed E-state index contributed by atoms with van der Waals surface area (Å²) < 4.78 is 5.27. The average Bonchev–Trinajstić information content (AvgIpc) is 3.23. The van der Waals surface area contributed by atoms with E-state index in [1.807, 2.05) is 31.2 Å². The van der Waals surface area contributed by atoms with E-state index in [-0.39, 0.29) is 5.91 Å². The molecule has 7 heteroatoms. The zero-order chi connectivity index (χ0) is 19.9. The number of nitrogens with zero attached hydrogens (tertiary/aromatic N) is 3. The number of anilines is 3. The second-order valence-corrected chi connectivity index (χ2v) is 6.32. The van der Waals surface area contributed by atoms with Gasteiger partial charge >= 0.3 is 0 Å². The van der Waals surface area contributed by atoms with E-state index in [9.17, 15) is 4.79 Å². The fourth-order valence-electron chi connectivity index (χ4n) is 2.91. The summed E-state index contributed by atoms with van der Waals surface area (Å²) in [5.74, 6) is 0.863. The monoisotopic (exact) mass is 379 g/mol. The number of carbonyl (C=O) groups is 1. The minimum absolute atomic E-state index is 0.276. The number of carbonyl (C=O) groups excluding carboxylic acids is 1. The molecule has 0 spiro atoms. The number of aromatic nitrogens is 2. The standard InChI is InChI=1S/C21H25N5O2/c1-4-26(5-2)16-8-9-18(15(3)13-16)24-20(27)19-10-11-22-21(25-19)23-14-17-7-6-12-28-17/h6-13H,4-5,14H2,1-3H3,(H,24,27)(H,22,23,25). The number of furan rings is 1. The van der Waals surface area contributed by atoms with Crippen LogP contribution >= 0.6 is 0 Å². The number of amides is 1. The molecule has 3 rings (SSSR count). The number of benzene rings is 1. The van der Waals surface area contributed by atoms with Gasteiger partial charge < -0.3 is 20.0 Å². The van der Waals surface area contributed by atoms with E-state index in [0.29, 0.717) is 18.2 Å². The van der Waals surface area contributed by atoms with Crippen LogP contribution in [0.15, 0.2) is 53.3 Å². The first kappa shape index (κ1) is 19.4. The number of hydrogen-bond donors (Lipinski definition) is 2. The second-order valence-electron chi connectivity index (χ2n) is 6.32. The summed E-state index contributed by atoms with van der Waals surface area (Å²) in [4.78, 5) is 23.3. The van der Waals surface area contributed by atoms with Crippen LogP contribution in [0, 0.1) is 6.92 Å². The summed E-state index contributed by atoms with van der Waals surface area (Å²) in [5, 5.41) is 5.98. The highest BCUT2D eigenvalue weighted by Crippen LogP contribution is 2.23. The molecule has 0 bridgehead atoms. The van der Waals surface area contributed by atoms with Gasteiger partial charge in [-0.05, 0) is 62.7 Å². The van der Waals surface area contributed by atoms with Crippen LogP contribution < -0.4 is 15.5 Å². The molecule has 2 aromatic heterocycles. The third-order valence-corrected chi connectivity index (χ3v) is 4.48. The van der Waals surface area contributed by atoms with Crippen molar-refractivity contribution in [1.82, 2.24) is 9.97 Å². The Bertz CT molecular complexity index is 920. The SMILES string of the molecule is CCN(CC)c1ccc(NC(=O)c2ccnc(NCc3ccco3)n2)c(C)c1. The highest BCUT2D eigenvalue weighted by Gasteiger charge is 2.12. The molecule has 28 heavy (non-hydrogen) atoms. The molecule has 3 aromatic rings. The van der Waals surface area contributed by atoms with Crippen LogP contribution in [0.2, 0.25) is 0 Å². The molecule has 1 amide bonds. The average molecular weight is 379 g/mol. The lowest BCUT2D eigenvalue weighted by molar-refractivity contribution is 0.102. The summed E-state index contributed by atoms with van der Waals surface area (Å²) in [7, 11) is 0. The summed E-state index contributed by atoms with van der Waals surface area (Å²) in [6, 6.07) is 11.3. The maximum Gasteiger partial charge on any atom is 0.274 e. The smallest absolute Gasteiger partial charge is 0.274 e. The van der Waals surface area contributed by atoms with Crippen molar-refractivity contribution in [1.29, 1.82) is 0 Å². The Kier molecular flexibility index (Phi) is 6.26. The summed E-state index contributed by atoms with van der Waals surface area (Å²) in [6.45, 7) is 8.57. The molecule has 146 valence electrons. The molecule has 0 aliphatic carbocycles. The van der Waals surface area contributed by atoms with Crippen molar-refractivity contribution in [3.05, 3.63) is 65.9 Å². The molecule has 0 fully saturated rings. The molecular weight excluding hydrogens is 354 g/mol. The number of nitrogens with one attached hydrogen (secondary N) is 2. The third-order valence-electron chi connectivity index (χ3n) is 4.48. The minimum Gasteiger partial charge on any atom is -0.467 e. The van der Waals surface area contributed by atoms with E-state index >= 15 is 0 Å². The molecule has 0 saturated carbocycles. The van der Waals surface area contributed by atoms with Gasteiger partial charge in [-0.3, -0.25) is 4.79 Å². The van der Waals surface area contributed by atoms with Crippen LogP contribution in [0.5, 0.6) is 0 Å². The lowest BCUT2D eigenvalue weighted by Crippen LogP contribution is -2.22. The number of hydrogen-bond acceptors (Lipinski definition) is 6. The maximum absolute atomic E-state index is 12.6. The second kappa shape index (κ2) is 9.03. The highest BCUT2D eigenvalue weighted by molar-refractivity contribution is 6.03. The molecule has 1 aromatic carbocycles. The van der Waals surface area contributed by atoms with E-state index < -0.39 is 0 Å². The van der Waals surface area contributed by atoms with E-state index in [4.69, 9.17) is 4.42 Å². The Labute approximate surface area is 164 Å². The predicted octanol–water partition coefficient (Wildman–Crippen LogP) is 4.09. The van der Waals surface area contributed by atoms with E-state index in [1.54, 1.807) is 18.5 Å². The van der Waals surface area contributed by atoms with Crippen molar-refractivity contribution in [2.24, 2.45) is 0 Å². The molecule has 7 nitrogen and oxygen atoms in total. The van der Waals surface area contributed by atoms with Crippen molar-refractivity contribution in [2.45, 2.75) is 27.3 Å². The predicted molar refractivity (Wildman–Crippen MR) is 111 cm³/mol. The largest absolute Gasteiger partial charge is 0.467 e. The first-order chi connectivity index (χ1) is 13.6. The van der Waals surface area contributed by atoms with Crippen molar-refractivity contribution in [2.75, 3.05) is 28.6 Å². The minimum atomic E-state index is -0.276. The van der Waals surface area contributed by atoms with Crippen LogP contribution in [0.25, 0.3) is 0 Å². The van der Waals surface area contributed by atoms with Gasteiger partial charge in [-0.2, -0.15) is 0 Å². The van der Waals surface area contributed by atoms with Gasteiger partial charge in [0.2, 0.25) is 5.95 Å². The van der Waals surface area contributed by atoms with Gasteiger partial charge in [-0.1, -0.05) is 0 Å². The van der Waals surface area contributed by atoms with Gasteiger partial charge in [0.1, 0.15) is 11.5 Å². The van der Waals surface area contributed by atoms with Gasteiger partial charge in [-0.15, -0.1) is 0 Å². The molecule has 2 N–H and O–H groups in total. The lowest BCUT2D eigenvalue weighted by Gasteiger charge is -2.22. The highest BCUT2D eigenvalue weighted by atomic mass is 16.3. The molecule has 0 unspecified atom stereocenters. The van der Waals surface area contributed by atoms with E-state index in [1.165, 1.54) is 0 Å². The summed E-state index contributed by atoms with van der Waals surface area (Å²) in [6.07, 6.45) is 3.16. The van der Waals surface area contributed by atoms with Gasteiger partial charge in [0.15, 0.2) is 0 Å². The summed E-state index contributed by atoms with van der Waals surface area (Å²) in [5.41, 5.74) is 3.21. The number of aryl methyl sites for hydroxylation is 1. The maximum atomic E-state index is 12.6. The zero-order valence-corrected chi connectivity index (χ0v) is 16.4. The molecule has 0 aliphatic rings. The molecular formula is C21H25N5O2. The Hall–Kier alpha value is -3.35. The molecule has 0 atom stereocenters. The van der Waals surface area contributed by atoms with E-state index in [0.717, 1.165) is 35.8 Å². The van der Waals surface area contributed by atoms with Crippen molar-refractivity contribution >= 4 is 23.2 Å². The third kappa shape index (κ3) is 4.68. The van der Waals surface area contributed by atoms with Crippen LogP contribution in [0.1, 0.15) is 35.7 Å². The molecule has 0 saturated heterocycles. The van der Waals surface area contributed by atoms with Crippen LogP contribution in [0.4, 0.5) is 17.3 Å². The van der Waals surface area contributed by atoms with Crippen molar-refractivity contribution in [3.8, 4) is 0 Å². The van der Waals surface area contributed by atoms with Gasteiger partial charge in [-0.25, -0.2) is 9.97 Å². The Morgan fingerprint density at radius 2 is 2.00 bits per heavy atom. The van der Waals surface area contributed by atoms with Gasteiger partial charge in [0, 0.05) is 30.7 Å². The van der Waals surface area contributed by atoms with Crippen molar-refractivity contribution < 1.29 is 9.21 Å². The van der Waals surface area contributed by atoms with Crippen molar-refractivity contribution in [3.63, 3.8) is 0 Å². The Morgan fingerprint density at radius 3 is 2.68 bits per heavy atom. The topological polar surface area (TPSA) is 83.3 Å².